The van der Waals surface area contributed by atoms with Gasteiger partial charge >= 0.3 is 0 Å². The molecule has 1 aliphatic heterocycles. The van der Waals surface area contributed by atoms with Gasteiger partial charge in [0.15, 0.2) is 0 Å². The number of aromatic amines is 1. The van der Waals surface area contributed by atoms with Crippen LogP contribution in [0.3, 0.4) is 0 Å². The number of halogens is 1. The summed E-state index contributed by atoms with van der Waals surface area (Å²) in [6.45, 7) is 4.92. The van der Waals surface area contributed by atoms with E-state index in [1.807, 2.05) is 4.90 Å². The summed E-state index contributed by atoms with van der Waals surface area (Å²) in [6.07, 6.45) is 1.95. The average molecular weight is 336 g/mol. The van der Waals surface area contributed by atoms with E-state index in [1.54, 1.807) is 18.2 Å². The SMILES string of the molecule is Cc1ccc(C2CCCN2C(=O)c2cc3c(F)cccc3[nH]2)cc1C. The monoisotopic (exact) mass is 336 g/mol. The largest absolute Gasteiger partial charge is 0.350 e. The van der Waals surface area contributed by atoms with Crippen molar-refractivity contribution >= 4 is 16.8 Å². The topological polar surface area (TPSA) is 36.1 Å². The number of carbonyl (C=O) groups excluding carboxylic acids is 1. The third-order valence-corrected chi connectivity index (χ3v) is 5.27. The number of hydrogen-bond donors (Lipinski definition) is 1. The second-order valence-electron chi connectivity index (χ2n) is 6.88. The van der Waals surface area contributed by atoms with Gasteiger partial charge in [0, 0.05) is 17.4 Å². The van der Waals surface area contributed by atoms with Gasteiger partial charge in [0.1, 0.15) is 11.5 Å². The number of H-pyrrole nitrogens is 1. The fourth-order valence-electron chi connectivity index (χ4n) is 3.72. The Hall–Kier alpha value is -2.62. The van der Waals surface area contributed by atoms with Gasteiger partial charge in [0.25, 0.3) is 5.91 Å². The summed E-state index contributed by atoms with van der Waals surface area (Å²) >= 11 is 0. The van der Waals surface area contributed by atoms with Crippen molar-refractivity contribution in [2.45, 2.75) is 32.7 Å². The fraction of sp³-hybridized carbons (Fsp3) is 0.286. The molecule has 1 atom stereocenters. The summed E-state index contributed by atoms with van der Waals surface area (Å²) in [5.41, 5.74) is 4.78. The molecule has 2 heterocycles. The third kappa shape index (κ3) is 2.72. The number of carbonyl (C=O) groups is 1. The minimum absolute atomic E-state index is 0.0590. The Morgan fingerprint density at radius 2 is 2.00 bits per heavy atom. The highest BCUT2D eigenvalue weighted by Crippen LogP contribution is 2.34. The summed E-state index contributed by atoms with van der Waals surface area (Å²) in [6, 6.07) is 13.0. The first-order valence-electron chi connectivity index (χ1n) is 8.70. The van der Waals surface area contributed by atoms with Crippen molar-refractivity contribution < 1.29 is 9.18 Å². The lowest BCUT2D eigenvalue weighted by molar-refractivity contribution is 0.0730. The predicted molar refractivity (Wildman–Crippen MR) is 97.2 cm³/mol. The predicted octanol–water partition coefficient (Wildman–Crippen LogP) is 4.90. The van der Waals surface area contributed by atoms with Crippen LogP contribution in [0.25, 0.3) is 10.9 Å². The minimum Gasteiger partial charge on any atom is -0.350 e. The van der Waals surface area contributed by atoms with Crippen molar-refractivity contribution in [3.8, 4) is 0 Å². The quantitative estimate of drug-likeness (QED) is 0.710. The van der Waals surface area contributed by atoms with Crippen molar-refractivity contribution in [2.24, 2.45) is 0 Å². The number of fused-ring (bicyclic) bond motifs is 1. The van der Waals surface area contributed by atoms with Gasteiger partial charge < -0.3 is 9.88 Å². The second-order valence-corrected chi connectivity index (χ2v) is 6.88. The molecule has 3 nitrogen and oxygen atoms in total. The molecule has 1 unspecified atom stereocenters. The highest BCUT2D eigenvalue weighted by molar-refractivity contribution is 5.98. The number of likely N-dealkylation sites (tertiary alicyclic amines) is 1. The second kappa shape index (κ2) is 6.03. The first-order chi connectivity index (χ1) is 12.0. The van der Waals surface area contributed by atoms with Crippen LogP contribution in [0.15, 0.2) is 42.5 Å². The van der Waals surface area contributed by atoms with E-state index in [0.29, 0.717) is 16.6 Å². The summed E-state index contributed by atoms with van der Waals surface area (Å²) in [4.78, 5) is 18.0. The zero-order valence-corrected chi connectivity index (χ0v) is 14.5. The normalized spacial score (nSPS) is 17.4. The first kappa shape index (κ1) is 15.9. The summed E-state index contributed by atoms with van der Waals surface area (Å²) in [5, 5.41) is 0.466. The third-order valence-electron chi connectivity index (χ3n) is 5.27. The molecule has 25 heavy (non-hydrogen) atoms. The lowest BCUT2D eigenvalue weighted by Crippen LogP contribution is -2.30. The van der Waals surface area contributed by atoms with Gasteiger partial charge in [-0.25, -0.2) is 4.39 Å². The van der Waals surface area contributed by atoms with Crippen LogP contribution in [0, 0.1) is 19.7 Å². The number of benzene rings is 2. The summed E-state index contributed by atoms with van der Waals surface area (Å²) < 4.78 is 13.9. The van der Waals surface area contributed by atoms with Crippen LogP contribution in [0.4, 0.5) is 4.39 Å². The zero-order valence-electron chi connectivity index (χ0n) is 14.5. The van der Waals surface area contributed by atoms with Crippen molar-refractivity contribution in [1.82, 2.24) is 9.88 Å². The van der Waals surface area contributed by atoms with Gasteiger partial charge in [0.2, 0.25) is 0 Å². The molecule has 1 aliphatic rings. The molecule has 3 aromatic rings. The molecule has 0 aliphatic carbocycles. The van der Waals surface area contributed by atoms with Crippen LogP contribution in [0.5, 0.6) is 0 Å². The molecule has 1 N–H and O–H groups in total. The van der Waals surface area contributed by atoms with Crippen molar-refractivity contribution in [3.63, 3.8) is 0 Å². The standard InChI is InChI=1S/C21H21FN2O/c1-13-8-9-15(11-14(13)2)20-7-4-10-24(20)21(25)19-12-16-17(22)5-3-6-18(16)23-19/h3,5-6,8-9,11-12,20,23H,4,7,10H2,1-2H3. The van der Waals surface area contributed by atoms with Gasteiger partial charge in [0.05, 0.1) is 6.04 Å². The molecule has 2 aromatic carbocycles. The van der Waals surface area contributed by atoms with E-state index >= 15 is 0 Å². The number of aryl methyl sites for hydroxylation is 2. The fourth-order valence-corrected chi connectivity index (χ4v) is 3.72. The lowest BCUT2D eigenvalue weighted by Gasteiger charge is -2.25. The maximum Gasteiger partial charge on any atom is 0.270 e. The molecule has 128 valence electrons. The summed E-state index contributed by atoms with van der Waals surface area (Å²) in [7, 11) is 0. The van der Waals surface area contributed by atoms with E-state index in [1.165, 1.54) is 22.8 Å². The molecule has 4 heteroatoms. The van der Waals surface area contributed by atoms with E-state index in [4.69, 9.17) is 0 Å². The molecular formula is C21H21FN2O. The van der Waals surface area contributed by atoms with Crippen LogP contribution >= 0.6 is 0 Å². The van der Waals surface area contributed by atoms with E-state index < -0.39 is 0 Å². The molecule has 1 saturated heterocycles. The van der Waals surface area contributed by atoms with Crippen molar-refractivity contribution in [1.29, 1.82) is 0 Å². The number of nitrogens with one attached hydrogen (secondary N) is 1. The maximum absolute atomic E-state index is 13.9. The van der Waals surface area contributed by atoms with Gasteiger partial charge in [-0.05, 0) is 61.6 Å². The molecule has 1 aromatic heterocycles. The van der Waals surface area contributed by atoms with Crippen LogP contribution in [0.1, 0.15) is 46.1 Å². The smallest absolute Gasteiger partial charge is 0.270 e. The van der Waals surface area contributed by atoms with E-state index in [-0.39, 0.29) is 17.8 Å². The Bertz CT molecular complexity index is 960. The Balaban J connectivity index is 1.67. The highest BCUT2D eigenvalue weighted by Gasteiger charge is 2.31. The van der Waals surface area contributed by atoms with Gasteiger partial charge in [-0.15, -0.1) is 0 Å². The molecule has 1 amide bonds. The van der Waals surface area contributed by atoms with Crippen LogP contribution in [-0.2, 0) is 0 Å². The van der Waals surface area contributed by atoms with Crippen LogP contribution in [0.2, 0.25) is 0 Å². The first-order valence-corrected chi connectivity index (χ1v) is 8.70. The molecule has 4 rings (SSSR count). The highest BCUT2D eigenvalue weighted by atomic mass is 19.1. The number of nitrogens with zero attached hydrogens (tertiary/aromatic N) is 1. The summed E-state index contributed by atoms with van der Waals surface area (Å²) in [5.74, 6) is -0.365. The number of amides is 1. The Morgan fingerprint density at radius 1 is 1.16 bits per heavy atom. The van der Waals surface area contributed by atoms with Crippen molar-refractivity contribution in [3.05, 3.63) is 70.7 Å². The van der Waals surface area contributed by atoms with Crippen LogP contribution < -0.4 is 0 Å². The van der Waals surface area contributed by atoms with E-state index in [2.05, 4.69) is 37.0 Å². The number of hydrogen-bond acceptors (Lipinski definition) is 1. The number of aromatic nitrogens is 1. The molecule has 1 fully saturated rings. The minimum atomic E-state index is -0.306. The number of rotatable bonds is 2. The Kier molecular flexibility index (Phi) is 3.83. The Morgan fingerprint density at radius 3 is 2.76 bits per heavy atom. The van der Waals surface area contributed by atoms with Gasteiger partial charge in [-0.2, -0.15) is 0 Å². The van der Waals surface area contributed by atoms with Crippen LogP contribution in [-0.4, -0.2) is 22.3 Å². The molecule has 0 radical (unpaired) electrons. The zero-order chi connectivity index (χ0) is 17.6. The molecule has 0 saturated carbocycles. The maximum atomic E-state index is 13.9. The molecular weight excluding hydrogens is 315 g/mol. The van der Waals surface area contributed by atoms with E-state index in [0.717, 1.165) is 19.4 Å². The Labute approximate surface area is 146 Å². The van der Waals surface area contributed by atoms with Gasteiger partial charge in [-0.3, -0.25) is 4.79 Å². The lowest BCUT2D eigenvalue weighted by atomic mass is 9.99. The molecule has 0 spiro atoms. The van der Waals surface area contributed by atoms with Crippen molar-refractivity contribution in [2.75, 3.05) is 6.54 Å². The van der Waals surface area contributed by atoms with Gasteiger partial charge in [-0.1, -0.05) is 24.3 Å². The van der Waals surface area contributed by atoms with E-state index in [9.17, 15) is 9.18 Å². The average Bonchev–Trinajstić information content (AvgIpc) is 3.24. The molecule has 0 bridgehead atoms.